The number of hydrogen-bond acceptors (Lipinski definition) is 3. The Morgan fingerprint density at radius 1 is 1.60 bits per heavy atom. The van der Waals surface area contributed by atoms with Gasteiger partial charge in [0, 0.05) is 43.6 Å². The van der Waals surface area contributed by atoms with E-state index in [4.69, 9.17) is 0 Å². The van der Waals surface area contributed by atoms with Crippen LogP contribution >= 0.6 is 27.3 Å². The molecule has 1 atom stereocenters. The van der Waals surface area contributed by atoms with Crippen LogP contribution in [0.3, 0.4) is 0 Å². The molecule has 15 heavy (non-hydrogen) atoms. The van der Waals surface area contributed by atoms with Crippen molar-refractivity contribution in [1.29, 1.82) is 0 Å². The first-order valence-electron chi connectivity index (χ1n) is 4.85. The van der Waals surface area contributed by atoms with E-state index < -0.39 is 10.8 Å². The van der Waals surface area contributed by atoms with E-state index in [9.17, 15) is 4.21 Å². The predicted molar refractivity (Wildman–Crippen MR) is 72.0 cm³/mol. The van der Waals surface area contributed by atoms with Crippen LogP contribution in [0.5, 0.6) is 0 Å². The molecule has 0 spiro atoms. The molecule has 0 fully saturated rings. The number of thiophene rings is 1. The van der Waals surface area contributed by atoms with Gasteiger partial charge in [0.15, 0.2) is 0 Å². The van der Waals surface area contributed by atoms with Crippen LogP contribution in [0.15, 0.2) is 10.5 Å². The molecule has 1 heterocycles. The van der Waals surface area contributed by atoms with Crippen LogP contribution in [0, 0.1) is 6.92 Å². The lowest BCUT2D eigenvalue weighted by molar-refractivity contribution is 0.665. The summed E-state index contributed by atoms with van der Waals surface area (Å²) in [7, 11) is -0.658. The maximum absolute atomic E-state index is 10.8. The van der Waals surface area contributed by atoms with E-state index in [1.165, 1.54) is 14.2 Å². The average Bonchev–Trinajstić information content (AvgIpc) is 2.45. The van der Waals surface area contributed by atoms with E-state index >= 15 is 0 Å². The van der Waals surface area contributed by atoms with Crippen molar-refractivity contribution in [2.75, 3.05) is 18.6 Å². The summed E-state index contributed by atoms with van der Waals surface area (Å²) in [5, 5.41) is 3.35. The van der Waals surface area contributed by atoms with Crippen molar-refractivity contribution in [2.45, 2.75) is 19.9 Å². The first kappa shape index (κ1) is 13.4. The molecular formula is C10H16BrNOS2. The van der Waals surface area contributed by atoms with E-state index in [-0.39, 0.29) is 0 Å². The molecule has 0 aliphatic heterocycles. The summed E-state index contributed by atoms with van der Waals surface area (Å²) in [5.74, 6) is 0.792. The standard InChI is InChI=1S/C10H16BrNOS2/c1-8-10(11)6-9(14-8)7-12-4-3-5-15(2)13/h6,12H,3-5,7H2,1-2H3. The Labute approximate surface area is 106 Å². The van der Waals surface area contributed by atoms with Gasteiger partial charge < -0.3 is 5.32 Å². The van der Waals surface area contributed by atoms with Crippen LogP contribution in [-0.2, 0) is 17.3 Å². The fourth-order valence-electron chi connectivity index (χ4n) is 1.22. The lowest BCUT2D eigenvalue weighted by Crippen LogP contribution is -2.15. The minimum atomic E-state index is -0.658. The Balaban J connectivity index is 2.18. The fraction of sp³-hybridized carbons (Fsp3) is 0.600. The summed E-state index contributed by atoms with van der Waals surface area (Å²) < 4.78 is 12.0. The molecule has 0 saturated heterocycles. The third-order valence-corrected chi connectivity index (χ3v) is 4.99. The first-order valence-corrected chi connectivity index (χ1v) is 8.19. The van der Waals surface area contributed by atoms with Gasteiger partial charge in [-0.25, -0.2) is 0 Å². The molecule has 0 aliphatic rings. The van der Waals surface area contributed by atoms with Gasteiger partial charge in [-0.3, -0.25) is 4.21 Å². The number of hydrogen-bond donors (Lipinski definition) is 1. The van der Waals surface area contributed by atoms with Gasteiger partial charge in [-0.15, -0.1) is 11.3 Å². The molecule has 0 radical (unpaired) electrons. The smallest absolute Gasteiger partial charge is 0.0314 e. The molecule has 0 aromatic carbocycles. The zero-order valence-electron chi connectivity index (χ0n) is 9.01. The van der Waals surface area contributed by atoms with Gasteiger partial charge in [-0.2, -0.15) is 0 Å². The van der Waals surface area contributed by atoms with Gasteiger partial charge in [0.25, 0.3) is 0 Å². The summed E-state index contributed by atoms with van der Waals surface area (Å²) in [5.41, 5.74) is 0. The number of nitrogens with one attached hydrogen (secondary N) is 1. The number of halogens is 1. The first-order chi connectivity index (χ1) is 7.09. The molecule has 5 heteroatoms. The Hall–Kier alpha value is 0.290. The van der Waals surface area contributed by atoms with Crippen molar-refractivity contribution in [3.8, 4) is 0 Å². The van der Waals surface area contributed by atoms with E-state index in [0.29, 0.717) is 0 Å². The molecular weight excluding hydrogens is 294 g/mol. The van der Waals surface area contributed by atoms with Gasteiger partial charge in [-0.1, -0.05) is 0 Å². The monoisotopic (exact) mass is 309 g/mol. The summed E-state index contributed by atoms with van der Waals surface area (Å²) in [6, 6.07) is 2.16. The highest BCUT2D eigenvalue weighted by molar-refractivity contribution is 9.10. The molecule has 1 N–H and O–H groups in total. The van der Waals surface area contributed by atoms with Gasteiger partial charge in [0.1, 0.15) is 0 Å². The summed E-state index contributed by atoms with van der Waals surface area (Å²) in [6.45, 7) is 3.96. The zero-order valence-corrected chi connectivity index (χ0v) is 12.2. The van der Waals surface area contributed by atoms with Gasteiger partial charge in [-0.05, 0) is 41.9 Å². The van der Waals surface area contributed by atoms with Crippen molar-refractivity contribution >= 4 is 38.1 Å². The lowest BCUT2D eigenvalue weighted by Gasteiger charge is -2.01. The molecule has 0 amide bonds. The summed E-state index contributed by atoms with van der Waals surface area (Å²) in [6.07, 6.45) is 2.73. The molecule has 0 bridgehead atoms. The molecule has 0 saturated carbocycles. The quantitative estimate of drug-likeness (QED) is 0.819. The maximum atomic E-state index is 10.8. The van der Waals surface area contributed by atoms with Crippen LogP contribution in [0.1, 0.15) is 16.2 Å². The number of aryl methyl sites for hydroxylation is 1. The minimum absolute atomic E-state index is 0.658. The molecule has 1 aromatic heterocycles. The summed E-state index contributed by atoms with van der Waals surface area (Å²) >= 11 is 5.31. The van der Waals surface area contributed by atoms with Gasteiger partial charge in [0.05, 0.1) is 0 Å². The van der Waals surface area contributed by atoms with Crippen LogP contribution in [0.2, 0.25) is 0 Å². The molecule has 0 aliphatic carbocycles. The van der Waals surface area contributed by atoms with Crippen molar-refractivity contribution in [1.82, 2.24) is 5.32 Å². The third kappa shape index (κ3) is 5.24. The van der Waals surface area contributed by atoms with Crippen molar-refractivity contribution in [3.05, 3.63) is 20.3 Å². The topological polar surface area (TPSA) is 29.1 Å². The van der Waals surface area contributed by atoms with E-state index in [1.54, 1.807) is 6.26 Å². The second kappa shape index (κ2) is 6.78. The largest absolute Gasteiger partial charge is 0.312 e. The highest BCUT2D eigenvalue weighted by atomic mass is 79.9. The maximum Gasteiger partial charge on any atom is 0.0314 e. The molecule has 1 rings (SSSR count). The van der Waals surface area contributed by atoms with E-state index in [2.05, 4.69) is 34.2 Å². The Kier molecular flexibility index (Phi) is 6.04. The molecule has 1 aromatic rings. The second-order valence-electron chi connectivity index (χ2n) is 3.42. The minimum Gasteiger partial charge on any atom is -0.312 e. The SMILES string of the molecule is Cc1sc(CNCCCS(C)=O)cc1Br. The van der Waals surface area contributed by atoms with Crippen LogP contribution in [0.25, 0.3) is 0 Å². The van der Waals surface area contributed by atoms with E-state index in [0.717, 1.165) is 25.3 Å². The van der Waals surface area contributed by atoms with E-state index in [1.807, 2.05) is 11.3 Å². The lowest BCUT2D eigenvalue weighted by atomic mass is 10.4. The molecule has 86 valence electrons. The zero-order chi connectivity index (χ0) is 11.3. The molecule has 2 nitrogen and oxygen atoms in total. The van der Waals surface area contributed by atoms with Gasteiger partial charge in [0.2, 0.25) is 0 Å². The number of rotatable bonds is 6. The van der Waals surface area contributed by atoms with Crippen LogP contribution in [-0.4, -0.2) is 22.8 Å². The summed E-state index contributed by atoms with van der Waals surface area (Å²) in [4.78, 5) is 2.67. The predicted octanol–water partition coefficient (Wildman–Crippen LogP) is 2.68. The Bertz CT molecular complexity index is 319. The molecule has 1 unspecified atom stereocenters. The highest BCUT2D eigenvalue weighted by Crippen LogP contribution is 2.25. The Morgan fingerprint density at radius 3 is 2.87 bits per heavy atom. The second-order valence-corrected chi connectivity index (χ2v) is 7.17. The van der Waals surface area contributed by atoms with Crippen molar-refractivity contribution < 1.29 is 4.21 Å². The van der Waals surface area contributed by atoms with Crippen molar-refractivity contribution in [3.63, 3.8) is 0 Å². The fourth-order valence-corrected chi connectivity index (χ4v) is 3.34. The third-order valence-electron chi connectivity index (χ3n) is 1.99. The average molecular weight is 310 g/mol. The normalized spacial score (nSPS) is 13.0. The Morgan fingerprint density at radius 2 is 2.33 bits per heavy atom. The van der Waals surface area contributed by atoms with Crippen LogP contribution in [0.4, 0.5) is 0 Å². The highest BCUT2D eigenvalue weighted by Gasteiger charge is 2.01. The van der Waals surface area contributed by atoms with Crippen molar-refractivity contribution in [2.24, 2.45) is 0 Å². The van der Waals surface area contributed by atoms with Crippen LogP contribution < -0.4 is 5.32 Å². The van der Waals surface area contributed by atoms with Gasteiger partial charge >= 0.3 is 0 Å².